The Kier molecular flexibility index (Phi) is 2.65. The topological polar surface area (TPSA) is 53.6 Å². The molecule has 5 heteroatoms. The van der Waals surface area contributed by atoms with E-state index in [1.165, 1.54) is 17.9 Å². The minimum atomic E-state index is 0.657. The van der Waals surface area contributed by atoms with Crippen molar-refractivity contribution in [3.8, 4) is 0 Å². The van der Waals surface area contributed by atoms with Crippen LogP contribution in [0.1, 0.15) is 12.8 Å². The molecular formula is C7H14N4S. The highest BCUT2D eigenvalue weighted by molar-refractivity contribution is 8.12. The molecule has 0 spiro atoms. The average Bonchev–Trinajstić information content (AvgIpc) is 2.54. The molecule has 0 amide bonds. The Morgan fingerprint density at radius 2 is 2.25 bits per heavy atom. The predicted octanol–water partition coefficient (Wildman–Crippen LogP) is 0.179. The Labute approximate surface area is 76.7 Å². The van der Waals surface area contributed by atoms with Crippen LogP contribution in [-0.2, 0) is 0 Å². The zero-order chi connectivity index (χ0) is 8.39. The van der Waals surface area contributed by atoms with E-state index in [0.717, 1.165) is 13.1 Å². The van der Waals surface area contributed by atoms with E-state index < -0.39 is 0 Å². The normalized spacial score (nSPS) is 27.6. The van der Waals surface area contributed by atoms with Crippen molar-refractivity contribution in [1.29, 1.82) is 0 Å². The minimum Gasteiger partial charge on any atom is -0.317 e. The summed E-state index contributed by atoms with van der Waals surface area (Å²) in [5.41, 5.74) is 0. The second kappa shape index (κ2) is 3.74. The minimum absolute atomic E-state index is 0.657. The fourth-order valence-corrected chi connectivity index (χ4v) is 2.45. The lowest BCUT2D eigenvalue weighted by Gasteiger charge is -2.21. The SMILES string of the molecule is NN1CN=C(C2CCNCC2)S1. The van der Waals surface area contributed by atoms with Gasteiger partial charge in [-0.1, -0.05) is 0 Å². The van der Waals surface area contributed by atoms with E-state index in [-0.39, 0.29) is 0 Å². The first-order valence-electron chi connectivity index (χ1n) is 4.31. The number of nitrogens with one attached hydrogen (secondary N) is 1. The monoisotopic (exact) mass is 186 g/mol. The number of piperidine rings is 1. The van der Waals surface area contributed by atoms with Gasteiger partial charge in [0.15, 0.2) is 0 Å². The third-order valence-electron chi connectivity index (χ3n) is 2.27. The van der Waals surface area contributed by atoms with Crippen LogP contribution in [0.4, 0.5) is 0 Å². The van der Waals surface area contributed by atoms with Gasteiger partial charge >= 0.3 is 0 Å². The number of nitrogens with two attached hydrogens (primary N) is 1. The molecule has 2 heterocycles. The summed E-state index contributed by atoms with van der Waals surface area (Å²) in [6, 6.07) is 0. The molecule has 2 rings (SSSR count). The first-order valence-corrected chi connectivity index (χ1v) is 5.09. The van der Waals surface area contributed by atoms with Crippen LogP contribution in [0.3, 0.4) is 0 Å². The Bertz CT molecular complexity index is 188. The molecule has 2 aliphatic heterocycles. The van der Waals surface area contributed by atoms with Gasteiger partial charge in [0.25, 0.3) is 0 Å². The first kappa shape index (κ1) is 8.50. The molecule has 1 saturated heterocycles. The van der Waals surface area contributed by atoms with E-state index in [1.54, 1.807) is 16.4 Å². The van der Waals surface area contributed by atoms with Crippen molar-refractivity contribution in [2.75, 3.05) is 19.8 Å². The Morgan fingerprint density at radius 3 is 2.83 bits per heavy atom. The van der Waals surface area contributed by atoms with Gasteiger partial charge in [-0.25, -0.2) is 0 Å². The van der Waals surface area contributed by atoms with Gasteiger partial charge in [0.1, 0.15) is 6.67 Å². The fraction of sp³-hybridized carbons (Fsp3) is 0.857. The Balaban J connectivity index is 1.91. The molecule has 68 valence electrons. The summed E-state index contributed by atoms with van der Waals surface area (Å²) in [6.45, 7) is 2.90. The van der Waals surface area contributed by atoms with Crippen molar-refractivity contribution >= 4 is 17.0 Å². The van der Waals surface area contributed by atoms with Gasteiger partial charge in [-0.2, -0.15) is 4.41 Å². The predicted molar refractivity (Wildman–Crippen MR) is 51.5 cm³/mol. The molecule has 0 radical (unpaired) electrons. The highest BCUT2D eigenvalue weighted by Gasteiger charge is 2.24. The largest absolute Gasteiger partial charge is 0.317 e. The third-order valence-corrected chi connectivity index (χ3v) is 3.26. The van der Waals surface area contributed by atoms with Crippen LogP contribution in [-0.4, -0.2) is 29.2 Å². The quantitative estimate of drug-likeness (QED) is 0.453. The molecule has 0 atom stereocenters. The summed E-state index contributed by atoms with van der Waals surface area (Å²) in [7, 11) is 0. The highest BCUT2D eigenvalue weighted by atomic mass is 32.2. The maximum atomic E-state index is 5.60. The molecular weight excluding hydrogens is 172 g/mol. The van der Waals surface area contributed by atoms with E-state index in [2.05, 4.69) is 10.3 Å². The number of nitrogens with zero attached hydrogens (tertiary/aromatic N) is 2. The highest BCUT2D eigenvalue weighted by Crippen LogP contribution is 2.26. The van der Waals surface area contributed by atoms with E-state index in [9.17, 15) is 0 Å². The summed E-state index contributed by atoms with van der Waals surface area (Å²) in [6.07, 6.45) is 2.42. The fourth-order valence-electron chi connectivity index (χ4n) is 1.59. The third kappa shape index (κ3) is 1.80. The van der Waals surface area contributed by atoms with Gasteiger partial charge < -0.3 is 5.32 Å². The molecule has 2 aliphatic rings. The summed E-state index contributed by atoms with van der Waals surface area (Å²) in [5, 5.41) is 4.58. The standard InChI is InChI=1S/C7H14N4S/c8-11-5-10-7(12-11)6-1-3-9-4-2-6/h6,9H,1-5,8H2. The maximum absolute atomic E-state index is 5.60. The number of hydrazine groups is 1. The Hall–Kier alpha value is -0.100. The lowest BCUT2D eigenvalue weighted by Crippen LogP contribution is -2.31. The van der Waals surface area contributed by atoms with Gasteiger partial charge in [0.05, 0.1) is 5.04 Å². The van der Waals surface area contributed by atoms with Gasteiger partial charge in [-0.3, -0.25) is 10.8 Å². The van der Waals surface area contributed by atoms with Crippen LogP contribution in [0.25, 0.3) is 0 Å². The van der Waals surface area contributed by atoms with Crippen LogP contribution in [0, 0.1) is 5.92 Å². The van der Waals surface area contributed by atoms with Crippen molar-refractivity contribution in [2.45, 2.75) is 12.8 Å². The van der Waals surface area contributed by atoms with Crippen molar-refractivity contribution in [3.63, 3.8) is 0 Å². The zero-order valence-electron chi connectivity index (χ0n) is 6.99. The first-order chi connectivity index (χ1) is 5.86. The number of rotatable bonds is 1. The zero-order valence-corrected chi connectivity index (χ0v) is 7.81. The average molecular weight is 186 g/mol. The van der Waals surface area contributed by atoms with Crippen LogP contribution in [0.15, 0.2) is 4.99 Å². The van der Waals surface area contributed by atoms with Crippen molar-refractivity contribution in [1.82, 2.24) is 9.73 Å². The molecule has 3 N–H and O–H groups in total. The van der Waals surface area contributed by atoms with Crippen LogP contribution in [0.2, 0.25) is 0 Å². The van der Waals surface area contributed by atoms with E-state index in [1.807, 2.05) is 0 Å². The number of hydrogen-bond donors (Lipinski definition) is 2. The maximum Gasteiger partial charge on any atom is 0.116 e. The second-order valence-corrected chi connectivity index (χ2v) is 4.24. The van der Waals surface area contributed by atoms with Gasteiger partial charge in [-0.05, 0) is 37.9 Å². The second-order valence-electron chi connectivity index (χ2n) is 3.17. The lowest BCUT2D eigenvalue weighted by molar-refractivity contribution is 0.460. The van der Waals surface area contributed by atoms with Crippen molar-refractivity contribution in [2.24, 2.45) is 16.8 Å². The Morgan fingerprint density at radius 1 is 1.50 bits per heavy atom. The molecule has 0 saturated carbocycles. The molecule has 0 aliphatic carbocycles. The molecule has 1 fully saturated rings. The number of aliphatic imine (C=N–C) groups is 1. The molecule has 0 aromatic carbocycles. The van der Waals surface area contributed by atoms with E-state index in [0.29, 0.717) is 12.6 Å². The van der Waals surface area contributed by atoms with Crippen molar-refractivity contribution < 1.29 is 0 Å². The van der Waals surface area contributed by atoms with E-state index in [4.69, 9.17) is 5.84 Å². The van der Waals surface area contributed by atoms with E-state index >= 15 is 0 Å². The van der Waals surface area contributed by atoms with Crippen LogP contribution < -0.4 is 11.2 Å². The van der Waals surface area contributed by atoms with Gasteiger partial charge in [-0.15, -0.1) is 0 Å². The summed E-state index contributed by atoms with van der Waals surface area (Å²) in [5.74, 6) is 6.26. The van der Waals surface area contributed by atoms with Gasteiger partial charge in [0.2, 0.25) is 0 Å². The van der Waals surface area contributed by atoms with Crippen LogP contribution in [0.5, 0.6) is 0 Å². The van der Waals surface area contributed by atoms with Crippen molar-refractivity contribution in [3.05, 3.63) is 0 Å². The molecule has 0 aromatic rings. The van der Waals surface area contributed by atoms with Gasteiger partial charge in [0, 0.05) is 5.92 Å². The summed E-state index contributed by atoms with van der Waals surface area (Å²) < 4.78 is 1.69. The molecule has 0 aromatic heterocycles. The molecule has 4 nitrogen and oxygen atoms in total. The summed E-state index contributed by atoms with van der Waals surface area (Å²) >= 11 is 1.61. The van der Waals surface area contributed by atoms with Crippen LogP contribution >= 0.6 is 11.9 Å². The molecule has 0 unspecified atom stereocenters. The molecule has 12 heavy (non-hydrogen) atoms. The lowest BCUT2D eigenvalue weighted by atomic mass is 9.99. The molecule has 0 bridgehead atoms. The number of hydrogen-bond acceptors (Lipinski definition) is 5. The summed E-state index contributed by atoms with van der Waals surface area (Å²) in [4.78, 5) is 4.39. The smallest absolute Gasteiger partial charge is 0.116 e.